The molecule has 1 N–H and O–H groups in total. The van der Waals surface area contributed by atoms with E-state index in [0.29, 0.717) is 0 Å². The molecule has 2 nitrogen and oxygen atoms in total. The van der Waals surface area contributed by atoms with Crippen molar-refractivity contribution >= 4 is 5.97 Å². The molecule has 0 saturated carbocycles. The maximum Gasteiger partial charge on any atom is 0.303 e. The van der Waals surface area contributed by atoms with E-state index in [9.17, 15) is 4.79 Å². The highest BCUT2D eigenvalue weighted by Gasteiger charge is 1.93. The van der Waals surface area contributed by atoms with Crippen molar-refractivity contribution in [2.75, 3.05) is 0 Å². The van der Waals surface area contributed by atoms with Gasteiger partial charge in [0.25, 0.3) is 0 Å². The Balaban J connectivity index is 3.36. The van der Waals surface area contributed by atoms with Gasteiger partial charge in [-0.25, -0.2) is 0 Å². The molecule has 0 radical (unpaired) electrons. The fourth-order valence-corrected chi connectivity index (χ4v) is 1.68. The van der Waals surface area contributed by atoms with E-state index in [1.54, 1.807) is 0 Å². The molecule has 0 saturated heterocycles. The average Bonchev–Trinajstić information content (AvgIpc) is 2.43. The van der Waals surface area contributed by atoms with Gasteiger partial charge in [-0.2, -0.15) is 0 Å². The van der Waals surface area contributed by atoms with Crippen LogP contribution in [0.15, 0.2) is 48.6 Å². The SMILES string of the molecule is C/C=C/CC/C=C/C/C=C/C/C=C/CCCCC(=O)O. The Morgan fingerprint density at radius 2 is 1.35 bits per heavy atom. The Bertz CT molecular complexity index is 335. The monoisotopic (exact) mass is 276 g/mol. The predicted octanol–water partition coefficient (Wildman–Crippen LogP) is 5.44. The van der Waals surface area contributed by atoms with E-state index in [2.05, 4.69) is 48.6 Å². The summed E-state index contributed by atoms with van der Waals surface area (Å²) in [4.78, 5) is 10.3. The minimum Gasteiger partial charge on any atom is -0.481 e. The molecule has 0 rings (SSSR count). The van der Waals surface area contributed by atoms with Crippen LogP contribution in [0, 0.1) is 0 Å². The third-order valence-corrected chi connectivity index (χ3v) is 2.79. The van der Waals surface area contributed by atoms with Crippen LogP contribution in [0.1, 0.15) is 58.3 Å². The second-order valence-electron chi connectivity index (χ2n) is 4.67. The van der Waals surface area contributed by atoms with Gasteiger partial charge in [0.1, 0.15) is 0 Å². The van der Waals surface area contributed by atoms with Crippen molar-refractivity contribution in [3.8, 4) is 0 Å². The highest BCUT2D eigenvalue weighted by molar-refractivity contribution is 5.66. The first-order valence-corrected chi connectivity index (χ1v) is 7.55. The first-order valence-electron chi connectivity index (χ1n) is 7.55. The molecule has 0 amide bonds. The molecule has 20 heavy (non-hydrogen) atoms. The predicted molar refractivity (Wildman–Crippen MR) is 86.8 cm³/mol. The van der Waals surface area contributed by atoms with E-state index >= 15 is 0 Å². The molecule has 0 spiro atoms. The second-order valence-corrected chi connectivity index (χ2v) is 4.67. The van der Waals surface area contributed by atoms with Crippen LogP contribution in [0.4, 0.5) is 0 Å². The molecule has 0 aliphatic carbocycles. The molecule has 0 atom stereocenters. The van der Waals surface area contributed by atoms with Crippen molar-refractivity contribution in [2.24, 2.45) is 0 Å². The number of allylic oxidation sites excluding steroid dienone is 8. The number of unbranched alkanes of at least 4 members (excludes halogenated alkanes) is 3. The van der Waals surface area contributed by atoms with Gasteiger partial charge in [0, 0.05) is 6.42 Å². The molecule has 0 aliphatic heterocycles. The summed E-state index contributed by atoms with van der Waals surface area (Å²) in [5, 5.41) is 8.48. The minimum absolute atomic E-state index is 0.286. The summed E-state index contributed by atoms with van der Waals surface area (Å²) in [6.45, 7) is 2.05. The molecule has 0 heterocycles. The zero-order valence-electron chi connectivity index (χ0n) is 12.6. The molecule has 0 fully saturated rings. The number of hydrogen-bond acceptors (Lipinski definition) is 1. The third kappa shape index (κ3) is 16.4. The summed E-state index contributed by atoms with van der Waals surface area (Å²) < 4.78 is 0. The lowest BCUT2D eigenvalue weighted by molar-refractivity contribution is -0.137. The summed E-state index contributed by atoms with van der Waals surface area (Å²) >= 11 is 0. The molecule has 0 aliphatic rings. The van der Waals surface area contributed by atoms with Crippen LogP contribution in [-0.4, -0.2) is 11.1 Å². The zero-order valence-corrected chi connectivity index (χ0v) is 12.6. The Labute approximate surface area is 123 Å². The molecule has 0 unspecified atom stereocenters. The lowest BCUT2D eigenvalue weighted by Gasteiger charge is -1.92. The average molecular weight is 276 g/mol. The number of aliphatic carboxylic acids is 1. The molecular weight excluding hydrogens is 248 g/mol. The molecule has 0 bridgehead atoms. The van der Waals surface area contributed by atoms with Gasteiger partial charge in [-0.15, -0.1) is 0 Å². The van der Waals surface area contributed by atoms with Crippen LogP contribution in [-0.2, 0) is 4.79 Å². The van der Waals surface area contributed by atoms with Crippen LogP contribution in [0.5, 0.6) is 0 Å². The number of hydrogen-bond donors (Lipinski definition) is 1. The van der Waals surface area contributed by atoms with Crippen molar-refractivity contribution in [3.63, 3.8) is 0 Å². The second kappa shape index (κ2) is 15.5. The first kappa shape index (κ1) is 18.4. The van der Waals surface area contributed by atoms with Crippen molar-refractivity contribution < 1.29 is 9.90 Å². The van der Waals surface area contributed by atoms with E-state index in [1.165, 1.54) is 0 Å². The molecule has 0 aromatic heterocycles. The summed E-state index contributed by atoms with van der Waals surface area (Å²) in [6.07, 6.45) is 24.5. The largest absolute Gasteiger partial charge is 0.481 e. The highest BCUT2D eigenvalue weighted by Crippen LogP contribution is 2.01. The van der Waals surface area contributed by atoms with Crippen molar-refractivity contribution in [1.82, 2.24) is 0 Å². The van der Waals surface area contributed by atoms with Gasteiger partial charge in [0.15, 0.2) is 0 Å². The normalized spacial score (nSPS) is 12.4. The summed E-state index contributed by atoms with van der Waals surface area (Å²) in [6, 6.07) is 0. The summed E-state index contributed by atoms with van der Waals surface area (Å²) in [5.74, 6) is -0.698. The fourth-order valence-electron chi connectivity index (χ4n) is 1.68. The minimum atomic E-state index is -0.698. The van der Waals surface area contributed by atoms with Crippen molar-refractivity contribution in [1.29, 1.82) is 0 Å². The van der Waals surface area contributed by atoms with E-state index in [-0.39, 0.29) is 6.42 Å². The van der Waals surface area contributed by atoms with Crippen LogP contribution < -0.4 is 0 Å². The number of carboxylic acid groups (broad SMARTS) is 1. The molecule has 2 heteroatoms. The topological polar surface area (TPSA) is 37.3 Å². The maximum absolute atomic E-state index is 10.3. The van der Waals surface area contributed by atoms with Crippen LogP contribution in [0.25, 0.3) is 0 Å². The summed E-state index contributed by atoms with van der Waals surface area (Å²) in [7, 11) is 0. The van der Waals surface area contributed by atoms with Gasteiger partial charge in [-0.1, -0.05) is 48.6 Å². The van der Waals surface area contributed by atoms with Crippen molar-refractivity contribution in [2.45, 2.75) is 58.3 Å². The lowest BCUT2D eigenvalue weighted by Crippen LogP contribution is -1.92. The van der Waals surface area contributed by atoms with Gasteiger partial charge in [0.2, 0.25) is 0 Å². The highest BCUT2D eigenvalue weighted by atomic mass is 16.4. The molecule has 0 aromatic rings. The Hall–Kier alpha value is -1.57. The summed E-state index contributed by atoms with van der Waals surface area (Å²) in [5.41, 5.74) is 0. The maximum atomic E-state index is 10.3. The molecule has 112 valence electrons. The smallest absolute Gasteiger partial charge is 0.303 e. The van der Waals surface area contributed by atoms with Gasteiger partial charge in [0.05, 0.1) is 0 Å². The molecule has 0 aromatic carbocycles. The zero-order chi connectivity index (χ0) is 14.9. The van der Waals surface area contributed by atoms with Crippen LogP contribution in [0.2, 0.25) is 0 Å². The number of carboxylic acids is 1. The van der Waals surface area contributed by atoms with Gasteiger partial charge < -0.3 is 5.11 Å². The van der Waals surface area contributed by atoms with Gasteiger partial charge in [-0.3, -0.25) is 4.79 Å². The van der Waals surface area contributed by atoms with E-state index < -0.39 is 5.97 Å². The standard InChI is InChI=1S/C18H28O2/c1-2-3-4-5-6-7-8-9-10-11-12-13-14-15-16-17-18(19)20/h2-3,6-7,9-10,12-13H,4-5,8,11,14-17H2,1H3,(H,19,20)/b3-2+,7-6+,10-9+,13-12+. The van der Waals surface area contributed by atoms with Crippen LogP contribution in [0.3, 0.4) is 0 Å². The first-order chi connectivity index (χ1) is 9.77. The fraction of sp³-hybridized carbons (Fsp3) is 0.500. The van der Waals surface area contributed by atoms with Crippen molar-refractivity contribution in [3.05, 3.63) is 48.6 Å². The van der Waals surface area contributed by atoms with E-state index in [0.717, 1.165) is 44.9 Å². The third-order valence-electron chi connectivity index (χ3n) is 2.79. The molecular formula is C18H28O2. The quantitative estimate of drug-likeness (QED) is 0.381. The van der Waals surface area contributed by atoms with Gasteiger partial charge >= 0.3 is 5.97 Å². The number of rotatable bonds is 12. The number of carbonyl (C=O) groups is 1. The Kier molecular flexibility index (Phi) is 14.3. The van der Waals surface area contributed by atoms with Crippen LogP contribution >= 0.6 is 0 Å². The Morgan fingerprint density at radius 3 is 1.95 bits per heavy atom. The lowest BCUT2D eigenvalue weighted by atomic mass is 10.2. The van der Waals surface area contributed by atoms with E-state index in [1.807, 2.05) is 6.92 Å². The van der Waals surface area contributed by atoms with Gasteiger partial charge in [-0.05, 0) is 51.9 Å². The Morgan fingerprint density at radius 1 is 0.800 bits per heavy atom. The van der Waals surface area contributed by atoms with E-state index in [4.69, 9.17) is 5.11 Å².